The lowest BCUT2D eigenvalue weighted by atomic mass is 9.97. The van der Waals surface area contributed by atoms with Gasteiger partial charge in [-0.25, -0.2) is 19.3 Å². The summed E-state index contributed by atoms with van der Waals surface area (Å²) in [5, 5.41) is 12.9. The number of nitrogens with zero attached hydrogens (tertiary/aromatic N) is 6. The molecule has 2 amide bonds. The number of halogens is 2. The minimum absolute atomic E-state index is 0.136. The van der Waals surface area contributed by atoms with E-state index in [1.807, 2.05) is 11.8 Å². The standard InChI is InChI=1S/C31H33ClFN7O2/c1-4-5-15-39(21(2)17-36-19-41)28(35-3)23-16-25(32)27(22-9-6-7-11-26(22)33)38-29(23)40(20-42)30-24(10-8-14-37-30)31(18-34)12-13-31/h4,8-11,14,16,19-21H,1,5-7,12-13,15,17H2,2-3H3,(H,36,41)/b35-28+. The number of amides is 2. The molecule has 0 spiro atoms. The molecule has 11 heteroatoms. The molecule has 1 unspecified atom stereocenters. The monoisotopic (exact) mass is 589 g/mol. The summed E-state index contributed by atoms with van der Waals surface area (Å²) in [6, 6.07) is 7.30. The predicted octanol–water partition coefficient (Wildman–Crippen LogP) is 5.40. The molecule has 42 heavy (non-hydrogen) atoms. The molecular weight excluding hydrogens is 557 g/mol. The van der Waals surface area contributed by atoms with E-state index in [9.17, 15) is 14.9 Å². The third-order valence-electron chi connectivity index (χ3n) is 7.46. The highest BCUT2D eigenvalue weighted by Crippen LogP contribution is 2.51. The van der Waals surface area contributed by atoms with Crippen LogP contribution in [0, 0.1) is 11.3 Å². The molecule has 218 valence electrons. The van der Waals surface area contributed by atoms with E-state index in [1.54, 1.807) is 43.6 Å². The van der Waals surface area contributed by atoms with Crippen LogP contribution in [0.4, 0.5) is 16.0 Å². The number of aromatic nitrogens is 2. The fourth-order valence-electron chi connectivity index (χ4n) is 5.10. The molecule has 0 aliphatic heterocycles. The lowest BCUT2D eigenvalue weighted by molar-refractivity contribution is -0.109. The highest BCUT2D eigenvalue weighted by molar-refractivity contribution is 6.33. The average molecular weight is 590 g/mol. The number of pyridine rings is 2. The molecule has 1 N–H and O–H groups in total. The molecule has 2 aromatic rings. The van der Waals surface area contributed by atoms with Gasteiger partial charge < -0.3 is 10.2 Å². The van der Waals surface area contributed by atoms with E-state index in [-0.39, 0.29) is 34.0 Å². The van der Waals surface area contributed by atoms with Crippen LogP contribution in [0.3, 0.4) is 0 Å². The molecule has 4 rings (SSSR count). The number of carbonyl (C=O) groups is 2. The van der Waals surface area contributed by atoms with Crippen LogP contribution in [0.2, 0.25) is 5.02 Å². The smallest absolute Gasteiger partial charge is 0.221 e. The maximum atomic E-state index is 15.0. The molecular formula is C31H33ClFN7O2. The Morgan fingerprint density at radius 3 is 2.71 bits per heavy atom. The van der Waals surface area contributed by atoms with Crippen molar-refractivity contribution < 1.29 is 14.0 Å². The van der Waals surface area contributed by atoms with Crippen LogP contribution in [0.1, 0.15) is 55.8 Å². The summed E-state index contributed by atoms with van der Waals surface area (Å²) >= 11 is 6.79. The number of hydrogen-bond acceptors (Lipinski definition) is 6. The summed E-state index contributed by atoms with van der Waals surface area (Å²) in [6.07, 6.45) is 10.8. The van der Waals surface area contributed by atoms with Crippen molar-refractivity contribution in [3.8, 4) is 6.07 Å². The summed E-state index contributed by atoms with van der Waals surface area (Å²) < 4.78 is 15.0. The fraction of sp³-hybridized carbons (Fsp3) is 0.355. The first-order valence-corrected chi connectivity index (χ1v) is 14.1. The Morgan fingerprint density at radius 2 is 2.10 bits per heavy atom. The van der Waals surface area contributed by atoms with Crippen molar-refractivity contribution in [1.29, 1.82) is 5.26 Å². The van der Waals surface area contributed by atoms with Crippen molar-refractivity contribution in [3.05, 3.63) is 76.9 Å². The van der Waals surface area contributed by atoms with Crippen molar-refractivity contribution in [2.24, 2.45) is 4.99 Å². The number of rotatable bonds is 13. The zero-order valence-corrected chi connectivity index (χ0v) is 24.4. The second-order valence-corrected chi connectivity index (χ2v) is 10.6. The molecule has 0 bridgehead atoms. The molecule has 1 saturated carbocycles. The summed E-state index contributed by atoms with van der Waals surface area (Å²) in [6.45, 7) is 6.58. The van der Waals surface area contributed by atoms with Crippen LogP contribution in [-0.4, -0.2) is 59.7 Å². The Labute approximate surface area is 250 Å². The topological polar surface area (TPSA) is 115 Å². The summed E-state index contributed by atoms with van der Waals surface area (Å²) in [4.78, 5) is 41.2. The van der Waals surface area contributed by atoms with Gasteiger partial charge in [-0.2, -0.15) is 5.26 Å². The van der Waals surface area contributed by atoms with E-state index in [4.69, 9.17) is 16.6 Å². The zero-order valence-electron chi connectivity index (χ0n) is 23.7. The fourth-order valence-corrected chi connectivity index (χ4v) is 5.35. The van der Waals surface area contributed by atoms with Gasteiger partial charge in [-0.3, -0.25) is 14.6 Å². The van der Waals surface area contributed by atoms with Gasteiger partial charge in [-0.1, -0.05) is 29.8 Å². The van der Waals surface area contributed by atoms with Crippen molar-refractivity contribution >= 4 is 47.5 Å². The minimum atomic E-state index is -0.756. The summed E-state index contributed by atoms with van der Waals surface area (Å²) in [7, 11) is 1.61. The number of anilines is 2. The van der Waals surface area contributed by atoms with Crippen molar-refractivity contribution in [1.82, 2.24) is 20.2 Å². The van der Waals surface area contributed by atoms with E-state index in [1.165, 1.54) is 11.0 Å². The van der Waals surface area contributed by atoms with Gasteiger partial charge in [0.1, 0.15) is 17.5 Å². The lowest BCUT2D eigenvalue weighted by Crippen LogP contribution is -2.45. The molecule has 0 saturated heterocycles. The number of amidine groups is 1. The second kappa shape index (κ2) is 13.5. The van der Waals surface area contributed by atoms with Crippen molar-refractivity contribution in [2.45, 2.75) is 50.5 Å². The van der Waals surface area contributed by atoms with Crippen LogP contribution >= 0.6 is 11.6 Å². The Kier molecular flexibility index (Phi) is 9.86. The van der Waals surface area contributed by atoms with E-state index < -0.39 is 11.2 Å². The molecule has 2 aromatic heterocycles. The lowest BCUT2D eigenvalue weighted by Gasteiger charge is -2.33. The van der Waals surface area contributed by atoms with Gasteiger partial charge in [0.25, 0.3) is 0 Å². The van der Waals surface area contributed by atoms with E-state index >= 15 is 4.39 Å². The third-order valence-corrected chi connectivity index (χ3v) is 7.75. The van der Waals surface area contributed by atoms with Crippen LogP contribution in [-0.2, 0) is 15.0 Å². The second-order valence-electron chi connectivity index (χ2n) is 10.2. The van der Waals surface area contributed by atoms with E-state index in [0.717, 1.165) is 0 Å². The average Bonchev–Trinajstić information content (AvgIpc) is 3.81. The van der Waals surface area contributed by atoms with Gasteiger partial charge in [0.2, 0.25) is 12.8 Å². The van der Waals surface area contributed by atoms with E-state index in [2.05, 4.69) is 27.9 Å². The highest BCUT2D eigenvalue weighted by atomic mass is 35.5. The SMILES string of the molecule is C=CCCN(/C(=N/C)c1cc(Cl)c(C2=CCCC=C2F)nc1N(C=O)c1ncccc1C1(C#N)CC1)C(C)CNC=O. The van der Waals surface area contributed by atoms with Gasteiger partial charge >= 0.3 is 0 Å². The highest BCUT2D eigenvalue weighted by Gasteiger charge is 2.47. The van der Waals surface area contributed by atoms with Gasteiger partial charge in [-0.15, -0.1) is 6.58 Å². The zero-order chi connectivity index (χ0) is 30.3. The molecule has 9 nitrogen and oxygen atoms in total. The number of aliphatic imine (C=N–C) groups is 1. The first kappa shape index (κ1) is 30.6. The molecule has 1 atom stereocenters. The first-order valence-electron chi connectivity index (χ1n) is 13.8. The maximum Gasteiger partial charge on any atom is 0.221 e. The number of carbonyl (C=O) groups excluding carboxylic acids is 2. The van der Waals surface area contributed by atoms with Crippen LogP contribution in [0.15, 0.2) is 60.0 Å². The Balaban J connectivity index is 1.97. The number of nitriles is 1. The van der Waals surface area contributed by atoms with Gasteiger partial charge in [0.05, 0.1) is 27.8 Å². The number of hydrogen-bond donors (Lipinski definition) is 1. The molecule has 1 fully saturated rings. The van der Waals surface area contributed by atoms with Crippen LogP contribution in [0.25, 0.3) is 5.57 Å². The summed E-state index contributed by atoms with van der Waals surface area (Å²) in [5.74, 6) is 0.396. The van der Waals surface area contributed by atoms with E-state index in [0.29, 0.717) is 75.0 Å². The molecule has 2 aliphatic rings. The Hall–Kier alpha value is -4.36. The quantitative estimate of drug-likeness (QED) is 0.145. The molecule has 0 radical (unpaired) electrons. The third kappa shape index (κ3) is 6.11. The van der Waals surface area contributed by atoms with Gasteiger partial charge in [0, 0.05) is 43.5 Å². The van der Waals surface area contributed by atoms with Crippen LogP contribution in [0.5, 0.6) is 0 Å². The molecule has 2 aliphatic carbocycles. The van der Waals surface area contributed by atoms with Crippen LogP contribution < -0.4 is 10.2 Å². The first-order chi connectivity index (χ1) is 20.3. The van der Waals surface area contributed by atoms with Crippen molar-refractivity contribution in [2.75, 3.05) is 25.0 Å². The van der Waals surface area contributed by atoms with Gasteiger partial charge in [-0.05, 0) is 57.2 Å². The molecule has 0 aromatic carbocycles. The largest absolute Gasteiger partial charge is 0.357 e. The number of nitrogens with one attached hydrogen (secondary N) is 1. The summed E-state index contributed by atoms with van der Waals surface area (Å²) in [5.41, 5.74) is 0.670. The predicted molar refractivity (Wildman–Crippen MR) is 162 cm³/mol. The van der Waals surface area contributed by atoms with Crippen molar-refractivity contribution in [3.63, 3.8) is 0 Å². The normalized spacial score (nSPS) is 16.3. The Bertz CT molecular complexity index is 1490. The Morgan fingerprint density at radius 1 is 1.33 bits per heavy atom. The maximum absolute atomic E-state index is 15.0. The van der Waals surface area contributed by atoms with Gasteiger partial charge in [0.15, 0.2) is 5.82 Å². The minimum Gasteiger partial charge on any atom is -0.357 e. The molecule has 2 heterocycles. The number of allylic oxidation sites excluding steroid dienone is 4.